The van der Waals surface area contributed by atoms with Crippen LogP contribution in [0.4, 0.5) is 5.82 Å². The quantitative estimate of drug-likeness (QED) is 0.570. The molecule has 2 saturated heterocycles. The summed E-state index contributed by atoms with van der Waals surface area (Å²) in [5.74, 6) is 0.538. The SMILES string of the molecule is O=c1nc(N2CCOCC2)ccn1C1OC(CO)C(O)C1O. The van der Waals surface area contributed by atoms with Gasteiger partial charge in [-0.1, -0.05) is 0 Å². The molecule has 4 unspecified atom stereocenters. The molecule has 22 heavy (non-hydrogen) atoms. The van der Waals surface area contributed by atoms with Crippen LogP contribution < -0.4 is 10.6 Å². The van der Waals surface area contributed by atoms with Crippen molar-refractivity contribution in [2.75, 3.05) is 37.8 Å². The molecule has 0 bridgehead atoms. The van der Waals surface area contributed by atoms with Gasteiger partial charge in [0.25, 0.3) is 0 Å². The first-order valence-corrected chi connectivity index (χ1v) is 7.16. The molecule has 9 heteroatoms. The third kappa shape index (κ3) is 2.73. The summed E-state index contributed by atoms with van der Waals surface area (Å²) in [5, 5.41) is 28.8. The number of ether oxygens (including phenoxy) is 2. The van der Waals surface area contributed by atoms with Gasteiger partial charge >= 0.3 is 5.69 Å². The first-order chi connectivity index (χ1) is 10.6. The van der Waals surface area contributed by atoms with Crippen LogP contribution in [0.15, 0.2) is 17.1 Å². The summed E-state index contributed by atoms with van der Waals surface area (Å²) in [6.45, 7) is 2.04. The number of anilines is 1. The Labute approximate surface area is 126 Å². The number of morpholine rings is 1. The van der Waals surface area contributed by atoms with Gasteiger partial charge in [0.15, 0.2) is 6.23 Å². The molecule has 4 atom stereocenters. The molecule has 2 aliphatic rings. The summed E-state index contributed by atoms with van der Waals surface area (Å²) >= 11 is 0. The van der Waals surface area contributed by atoms with Crippen molar-refractivity contribution in [2.24, 2.45) is 0 Å². The Hall–Kier alpha value is -1.52. The van der Waals surface area contributed by atoms with Crippen LogP contribution in [0, 0.1) is 0 Å². The highest BCUT2D eigenvalue weighted by atomic mass is 16.6. The lowest BCUT2D eigenvalue weighted by Gasteiger charge is -2.28. The molecule has 3 heterocycles. The van der Waals surface area contributed by atoms with Crippen LogP contribution in [0.5, 0.6) is 0 Å². The molecule has 0 aromatic carbocycles. The van der Waals surface area contributed by atoms with Crippen LogP contribution in [-0.4, -0.2) is 76.1 Å². The van der Waals surface area contributed by atoms with E-state index in [1.54, 1.807) is 6.07 Å². The van der Waals surface area contributed by atoms with E-state index in [2.05, 4.69) is 4.98 Å². The molecule has 0 amide bonds. The van der Waals surface area contributed by atoms with Crippen molar-refractivity contribution in [3.05, 3.63) is 22.7 Å². The lowest BCUT2D eigenvalue weighted by molar-refractivity contribution is -0.0549. The highest BCUT2D eigenvalue weighted by molar-refractivity contribution is 5.36. The summed E-state index contributed by atoms with van der Waals surface area (Å²) in [7, 11) is 0. The number of nitrogens with zero attached hydrogens (tertiary/aromatic N) is 3. The monoisotopic (exact) mass is 313 g/mol. The maximum Gasteiger partial charge on any atom is 0.351 e. The van der Waals surface area contributed by atoms with E-state index in [9.17, 15) is 15.0 Å². The van der Waals surface area contributed by atoms with Crippen molar-refractivity contribution in [2.45, 2.75) is 24.5 Å². The third-order valence-electron chi connectivity index (χ3n) is 3.94. The summed E-state index contributed by atoms with van der Waals surface area (Å²) in [6, 6.07) is 1.65. The van der Waals surface area contributed by atoms with Gasteiger partial charge in [-0.05, 0) is 6.07 Å². The van der Waals surface area contributed by atoms with E-state index >= 15 is 0 Å². The molecular weight excluding hydrogens is 294 g/mol. The zero-order valence-corrected chi connectivity index (χ0v) is 11.9. The first-order valence-electron chi connectivity index (χ1n) is 7.16. The van der Waals surface area contributed by atoms with Gasteiger partial charge in [0, 0.05) is 19.3 Å². The molecule has 122 valence electrons. The lowest BCUT2D eigenvalue weighted by atomic mass is 10.1. The van der Waals surface area contributed by atoms with Crippen molar-refractivity contribution < 1.29 is 24.8 Å². The number of hydrogen-bond donors (Lipinski definition) is 3. The minimum absolute atomic E-state index is 0.442. The maximum atomic E-state index is 12.2. The summed E-state index contributed by atoms with van der Waals surface area (Å²) < 4.78 is 11.7. The van der Waals surface area contributed by atoms with Crippen LogP contribution in [0.1, 0.15) is 6.23 Å². The second kappa shape index (κ2) is 6.31. The topological polar surface area (TPSA) is 117 Å². The van der Waals surface area contributed by atoms with E-state index in [1.807, 2.05) is 4.90 Å². The van der Waals surface area contributed by atoms with E-state index in [0.29, 0.717) is 32.1 Å². The van der Waals surface area contributed by atoms with Crippen molar-refractivity contribution in [3.8, 4) is 0 Å². The number of rotatable bonds is 3. The van der Waals surface area contributed by atoms with Crippen molar-refractivity contribution in [1.82, 2.24) is 9.55 Å². The number of aromatic nitrogens is 2. The van der Waals surface area contributed by atoms with Crippen LogP contribution >= 0.6 is 0 Å². The fourth-order valence-corrected chi connectivity index (χ4v) is 2.68. The van der Waals surface area contributed by atoms with Crippen LogP contribution in [0.25, 0.3) is 0 Å². The zero-order valence-electron chi connectivity index (χ0n) is 11.9. The van der Waals surface area contributed by atoms with Crippen LogP contribution in [-0.2, 0) is 9.47 Å². The van der Waals surface area contributed by atoms with E-state index in [-0.39, 0.29) is 0 Å². The first kappa shape index (κ1) is 15.4. The molecule has 0 radical (unpaired) electrons. The molecular formula is C13H19N3O6. The Morgan fingerprint density at radius 3 is 2.59 bits per heavy atom. The predicted molar refractivity (Wildman–Crippen MR) is 74.5 cm³/mol. The molecule has 3 rings (SSSR count). The highest BCUT2D eigenvalue weighted by Crippen LogP contribution is 2.28. The van der Waals surface area contributed by atoms with Gasteiger partial charge in [-0.25, -0.2) is 4.79 Å². The average molecular weight is 313 g/mol. The van der Waals surface area contributed by atoms with Gasteiger partial charge < -0.3 is 29.7 Å². The van der Waals surface area contributed by atoms with Gasteiger partial charge in [0.2, 0.25) is 0 Å². The minimum Gasteiger partial charge on any atom is -0.394 e. The van der Waals surface area contributed by atoms with Gasteiger partial charge in [-0.3, -0.25) is 4.57 Å². The van der Waals surface area contributed by atoms with Crippen molar-refractivity contribution >= 4 is 5.82 Å². The maximum absolute atomic E-state index is 12.2. The van der Waals surface area contributed by atoms with Crippen LogP contribution in [0.3, 0.4) is 0 Å². The van der Waals surface area contributed by atoms with Gasteiger partial charge in [0.05, 0.1) is 19.8 Å². The average Bonchev–Trinajstić information content (AvgIpc) is 2.83. The number of hydrogen-bond acceptors (Lipinski definition) is 8. The van der Waals surface area contributed by atoms with E-state index in [4.69, 9.17) is 14.6 Å². The largest absolute Gasteiger partial charge is 0.394 e. The Bertz CT molecular complexity index is 573. The highest BCUT2D eigenvalue weighted by Gasteiger charge is 2.43. The van der Waals surface area contributed by atoms with Gasteiger partial charge in [-0.15, -0.1) is 0 Å². The fourth-order valence-electron chi connectivity index (χ4n) is 2.68. The smallest absolute Gasteiger partial charge is 0.351 e. The second-order valence-corrected chi connectivity index (χ2v) is 5.30. The van der Waals surface area contributed by atoms with Crippen LogP contribution in [0.2, 0.25) is 0 Å². The third-order valence-corrected chi connectivity index (χ3v) is 3.94. The predicted octanol–water partition coefficient (Wildman–Crippen LogP) is -2.31. The molecule has 2 fully saturated rings. The van der Waals surface area contributed by atoms with Crippen molar-refractivity contribution in [3.63, 3.8) is 0 Å². The normalized spacial score (nSPS) is 32.4. The molecule has 0 aliphatic carbocycles. The second-order valence-electron chi connectivity index (χ2n) is 5.30. The molecule has 1 aromatic rings. The Balaban J connectivity index is 1.82. The molecule has 0 saturated carbocycles. The summed E-state index contributed by atoms with van der Waals surface area (Å²) in [4.78, 5) is 18.1. The number of aliphatic hydroxyl groups excluding tert-OH is 3. The standard InChI is InChI=1S/C13H19N3O6/c17-7-8-10(18)11(19)12(22-8)16-2-1-9(14-13(16)20)15-3-5-21-6-4-15/h1-2,8,10-12,17-19H,3-7H2. The van der Waals surface area contributed by atoms with Gasteiger partial charge in [0.1, 0.15) is 24.1 Å². The summed E-state index contributed by atoms with van der Waals surface area (Å²) in [6.07, 6.45) is -3.07. The Kier molecular flexibility index (Phi) is 4.41. The summed E-state index contributed by atoms with van der Waals surface area (Å²) in [5.41, 5.74) is -0.584. The van der Waals surface area contributed by atoms with E-state index < -0.39 is 36.8 Å². The fraction of sp³-hybridized carbons (Fsp3) is 0.692. The Morgan fingerprint density at radius 2 is 2.00 bits per heavy atom. The number of aliphatic hydroxyl groups is 3. The van der Waals surface area contributed by atoms with E-state index in [1.165, 1.54) is 6.20 Å². The van der Waals surface area contributed by atoms with Crippen molar-refractivity contribution in [1.29, 1.82) is 0 Å². The minimum atomic E-state index is -1.30. The molecule has 3 N–H and O–H groups in total. The Morgan fingerprint density at radius 1 is 1.27 bits per heavy atom. The molecule has 1 aromatic heterocycles. The van der Waals surface area contributed by atoms with E-state index in [0.717, 1.165) is 4.57 Å². The lowest BCUT2D eigenvalue weighted by Crippen LogP contribution is -2.40. The zero-order chi connectivity index (χ0) is 15.7. The molecule has 9 nitrogen and oxygen atoms in total. The molecule has 2 aliphatic heterocycles. The molecule has 0 spiro atoms. The van der Waals surface area contributed by atoms with Gasteiger partial charge in [-0.2, -0.15) is 4.98 Å².